The molecule has 0 N–H and O–H groups in total. The first-order valence-corrected chi connectivity index (χ1v) is 8.68. The van der Waals surface area contributed by atoms with Gasteiger partial charge in [0.15, 0.2) is 0 Å². The summed E-state index contributed by atoms with van der Waals surface area (Å²) in [6, 6.07) is 3.96. The summed E-state index contributed by atoms with van der Waals surface area (Å²) in [5, 5.41) is 0. The molecule has 1 rings (SSSR count). The summed E-state index contributed by atoms with van der Waals surface area (Å²) in [6.07, 6.45) is 4.09. The number of hydrogen-bond acceptors (Lipinski definition) is 3. The van der Waals surface area contributed by atoms with Crippen molar-refractivity contribution < 1.29 is 14.3 Å². The first kappa shape index (κ1) is 20.2. The zero-order valence-corrected chi connectivity index (χ0v) is 15.5. The Morgan fingerprint density at radius 1 is 1.12 bits per heavy atom. The van der Waals surface area contributed by atoms with E-state index < -0.39 is 0 Å². The van der Waals surface area contributed by atoms with E-state index in [1.165, 1.54) is 0 Å². The van der Waals surface area contributed by atoms with Crippen molar-refractivity contribution >= 4 is 11.8 Å². The highest BCUT2D eigenvalue weighted by molar-refractivity contribution is 5.84. The number of amides is 2. The largest absolute Gasteiger partial charge is 0.383 e. The third-order valence-corrected chi connectivity index (χ3v) is 3.96. The van der Waals surface area contributed by atoms with Gasteiger partial charge in [0.2, 0.25) is 11.8 Å². The maximum absolute atomic E-state index is 12.7. The Bertz CT molecular complexity index is 513. The molecule has 0 aliphatic carbocycles. The molecular formula is C18H31N3O3. The predicted octanol–water partition coefficient (Wildman–Crippen LogP) is 2.04. The monoisotopic (exact) mass is 337 g/mol. The Kier molecular flexibility index (Phi) is 9.15. The van der Waals surface area contributed by atoms with Gasteiger partial charge in [0.25, 0.3) is 0 Å². The van der Waals surface area contributed by atoms with Crippen LogP contribution in [0.2, 0.25) is 0 Å². The van der Waals surface area contributed by atoms with Crippen molar-refractivity contribution in [3.8, 4) is 0 Å². The summed E-state index contributed by atoms with van der Waals surface area (Å²) in [7, 11) is 3.59. The summed E-state index contributed by atoms with van der Waals surface area (Å²) in [5.41, 5.74) is 1.06. The van der Waals surface area contributed by atoms with Crippen LogP contribution >= 0.6 is 0 Å². The topological polar surface area (TPSA) is 54.8 Å². The van der Waals surface area contributed by atoms with Gasteiger partial charge in [0, 0.05) is 45.6 Å². The number of carbonyl (C=O) groups excluding carboxylic acids is 2. The first-order chi connectivity index (χ1) is 11.5. The summed E-state index contributed by atoms with van der Waals surface area (Å²) in [4.78, 5) is 28.4. The number of rotatable bonds is 11. The van der Waals surface area contributed by atoms with Gasteiger partial charge in [-0.1, -0.05) is 13.8 Å². The van der Waals surface area contributed by atoms with Crippen LogP contribution in [0, 0.1) is 0 Å². The molecule has 0 bridgehead atoms. The molecule has 0 aliphatic heterocycles. The van der Waals surface area contributed by atoms with Crippen LogP contribution in [0.25, 0.3) is 0 Å². The molecule has 6 heteroatoms. The second-order valence-electron chi connectivity index (χ2n) is 5.98. The Hall–Kier alpha value is -1.82. The number of aromatic nitrogens is 1. The van der Waals surface area contributed by atoms with E-state index in [9.17, 15) is 9.59 Å². The molecule has 0 atom stereocenters. The highest BCUT2D eigenvalue weighted by atomic mass is 16.5. The SMILES string of the molecule is CCCC(=O)N(CCC)CC(=O)N(CCOC)Cc1cccn1C. The lowest BCUT2D eigenvalue weighted by molar-refractivity contribution is -0.141. The summed E-state index contributed by atoms with van der Waals surface area (Å²) >= 11 is 0. The van der Waals surface area contributed by atoms with Crippen molar-refractivity contribution in [2.75, 3.05) is 33.4 Å². The van der Waals surface area contributed by atoms with Gasteiger partial charge in [-0.05, 0) is 25.0 Å². The van der Waals surface area contributed by atoms with E-state index in [0.717, 1.165) is 18.5 Å². The van der Waals surface area contributed by atoms with Gasteiger partial charge in [0.05, 0.1) is 19.7 Å². The second kappa shape index (κ2) is 10.9. The number of nitrogens with zero attached hydrogens (tertiary/aromatic N) is 3. The fourth-order valence-corrected chi connectivity index (χ4v) is 2.55. The molecule has 0 radical (unpaired) electrons. The van der Waals surface area contributed by atoms with E-state index in [2.05, 4.69) is 0 Å². The minimum absolute atomic E-state index is 0.0360. The van der Waals surface area contributed by atoms with Gasteiger partial charge < -0.3 is 19.1 Å². The molecule has 0 saturated carbocycles. The van der Waals surface area contributed by atoms with E-state index in [1.807, 2.05) is 43.8 Å². The predicted molar refractivity (Wildman–Crippen MR) is 94.5 cm³/mol. The van der Waals surface area contributed by atoms with Crippen LogP contribution < -0.4 is 0 Å². The highest BCUT2D eigenvalue weighted by Gasteiger charge is 2.21. The molecule has 1 aromatic rings. The van der Waals surface area contributed by atoms with Crippen LogP contribution in [0.1, 0.15) is 38.8 Å². The third-order valence-electron chi connectivity index (χ3n) is 3.96. The van der Waals surface area contributed by atoms with E-state index >= 15 is 0 Å². The molecule has 6 nitrogen and oxygen atoms in total. The number of methoxy groups -OCH3 is 1. The van der Waals surface area contributed by atoms with Gasteiger partial charge in [-0.15, -0.1) is 0 Å². The van der Waals surface area contributed by atoms with Crippen LogP contribution in [0.3, 0.4) is 0 Å². The van der Waals surface area contributed by atoms with Crippen molar-refractivity contribution in [1.29, 1.82) is 0 Å². The van der Waals surface area contributed by atoms with Gasteiger partial charge in [0.1, 0.15) is 0 Å². The normalized spacial score (nSPS) is 10.7. The molecule has 0 unspecified atom stereocenters. The molecule has 0 aliphatic rings. The maximum atomic E-state index is 12.7. The summed E-state index contributed by atoms with van der Waals surface area (Å²) < 4.78 is 7.13. The minimum atomic E-state index is -0.0360. The van der Waals surface area contributed by atoms with Crippen molar-refractivity contribution in [2.24, 2.45) is 7.05 Å². The van der Waals surface area contributed by atoms with Gasteiger partial charge in [-0.2, -0.15) is 0 Å². The van der Waals surface area contributed by atoms with Gasteiger partial charge in [-0.25, -0.2) is 0 Å². The number of aryl methyl sites for hydroxylation is 1. The molecule has 136 valence electrons. The quantitative estimate of drug-likeness (QED) is 0.621. The first-order valence-electron chi connectivity index (χ1n) is 8.68. The molecule has 0 spiro atoms. The Labute approximate surface area is 145 Å². The molecule has 1 heterocycles. The molecule has 24 heavy (non-hydrogen) atoms. The van der Waals surface area contributed by atoms with Crippen molar-refractivity contribution in [3.05, 3.63) is 24.0 Å². The standard InChI is InChI=1S/C18H31N3O3/c1-5-8-17(22)20(10-6-2)15-18(23)21(12-13-24-4)14-16-9-7-11-19(16)3/h7,9,11H,5-6,8,10,12-15H2,1-4H3. The van der Waals surface area contributed by atoms with Crippen LogP contribution in [-0.4, -0.2) is 59.5 Å². The summed E-state index contributed by atoms with van der Waals surface area (Å²) in [6.45, 7) is 6.27. The van der Waals surface area contributed by atoms with Crippen LogP contribution in [-0.2, 0) is 27.9 Å². The number of ether oxygens (including phenoxy) is 1. The van der Waals surface area contributed by atoms with E-state index in [-0.39, 0.29) is 18.4 Å². The molecule has 1 aromatic heterocycles. The molecule has 0 aromatic carbocycles. The third kappa shape index (κ3) is 6.35. The zero-order valence-electron chi connectivity index (χ0n) is 15.5. The Morgan fingerprint density at radius 3 is 2.42 bits per heavy atom. The average molecular weight is 337 g/mol. The zero-order chi connectivity index (χ0) is 17.9. The molecule has 0 saturated heterocycles. The fraction of sp³-hybridized carbons (Fsp3) is 0.667. The van der Waals surface area contributed by atoms with Gasteiger partial charge >= 0.3 is 0 Å². The van der Waals surface area contributed by atoms with Crippen LogP contribution in [0.5, 0.6) is 0 Å². The Balaban J connectivity index is 2.77. The highest BCUT2D eigenvalue weighted by Crippen LogP contribution is 2.08. The van der Waals surface area contributed by atoms with E-state index in [0.29, 0.717) is 32.7 Å². The lowest BCUT2D eigenvalue weighted by Gasteiger charge is -2.27. The lowest BCUT2D eigenvalue weighted by atomic mass is 10.2. The maximum Gasteiger partial charge on any atom is 0.242 e. The van der Waals surface area contributed by atoms with E-state index in [1.54, 1.807) is 16.9 Å². The van der Waals surface area contributed by atoms with Crippen molar-refractivity contribution in [3.63, 3.8) is 0 Å². The van der Waals surface area contributed by atoms with Gasteiger partial charge in [-0.3, -0.25) is 9.59 Å². The molecular weight excluding hydrogens is 306 g/mol. The average Bonchev–Trinajstić information content (AvgIpc) is 2.96. The fourth-order valence-electron chi connectivity index (χ4n) is 2.55. The lowest BCUT2D eigenvalue weighted by Crippen LogP contribution is -2.44. The minimum Gasteiger partial charge on any atom is -0.383 e. The summed E-state index contributed by atoms with van der Waals surface area (Å²) in [5.74, 6) is 0.0180. The van der Waals surface area contributed by atoms with Crippen molar-refractivity contribution in [1.82, 2.24) is 14.4 Å². The number of carbonyl (C=O) groups is 2. The second-order valence-corrected chi connectivity index (χ2v) is 5.98. The smallest absolute Gasteiger partial charge is 0.242 e. The van der Waals surface area contributed by atoms with Crippen molar-refractivity contribution in [2.45, 2.75) is 39.7 Å². The number of hydrogen-bond donors (Lipinski definition) is 0. The molecule has 0 fully saturated rings. The van der Waals surface area contributed by atoms with E-state index in [4.69, 9.17) is 4.74 Å². The molecule has 2 amide bonds. The Morgan fingerprint density at radius 2 is 1.88 bits per heavy atom. The van der Waals surface area contributed by atoms with Crippen LogP contribution in [0.15, 0.2) is 18.3 Å². The van der Waals surface area contributed by atoms with Crippen LogP contribution in [0.4, 0.5) is 0 Å².